The van der Waals surface area contributed by atoms with E-state index in [9.17, 15) is 5.11 Å². The van der Waals surface area contributed by atoms with Crippen LogP contribution in [0.2, 0.25) is 0 Å². The standard InChI is InChI=1S/C12H13NO/c14-8-5-6-12-10(7-8)9-3-1-2-4-11(9)13-12/h1,3,5-7,9,11,13-14H,2,4H2. The molecule has 14 heavy (non-hydrogen) atoms. The third-order valence-electron chi connectivity index (χ3n) is 3.16. The third-order valence-corrected chi connectivity index (χ3v) is 3.16. The minimum atomic E-state index is 0.366. The molecule has 0 aromatic heterocycles. The number of hydrogen-bond acceptors (Lipinski definition) is 2. The lowest BCUT2D eigenvalue weighted by Gasteiger charge is -2.20. The number of hydrogen-bond donors (Lipinski definition) is 2. The quantitative estimate of drug-likeness (QED) is 0.483. The van der Waals surface area contributed by atoms with Crippen molar-refractivity contribution in [3.05, 3.63) is 35.9 Å². The minimum absolute atomic E-state index is 0.366. The van der Waals surface area contributed by atoms with Crippen molar-refractivity contribution in [2.45, 2.75) is 24.8 Å². The number of benzene rings is 1. The molecule has 0 radical (unpaired) electrons. The van der Waals surface area contributed by atoms with Crippen molar-refractivity contribution in [3.8, 4) is 5.75 Å². The first-order chi connectivity index (χ1) is 6.84. The molecule has 0 fully saturated rings. The van der Waals surface area contributed by atoms with Gasteiger partial charge >= 0.3 is 0 Å². The van der Waals surface area contributed by atoms with Crippen LogP contribution in [0.5, 0.6) is 5.75 Å². The summed E-state index contributed by atoms with van der Waals surface area (Å²) in [5, 5.41) is 12.9. The van der Waals surface area contributed by atoms with E-state index in [1.54, 1.807) is 6.07 Å². The Labute approximate surface area is 83.3 Å². The maximum Gasteiger partial charge on any atom is 0.116 e. The van der Waals surface area contributed by atoms with E-state index >= 15 is 0 Å². The second-order valence-corrected chi connectivity index (χ2v) is 4.05. The Bertz CT molecular complexity index is 397. The van der Waals surface area contributed by atoms with Crippen molar-refractivity contribution in [1.29, 1.82) is 0 Å². The van der Waals surface area contributed by atoms with Gasteiger partial charge in [-0.3, -0.25) is 0 Å². The molecule has 72 valence electrons. The van der Waals surface area contributed by atoms with Crippen LogP contribution in [0.3, 0.4) is 0 Å². The second kappa shape index (κ2) is 2.77. The van der Waals surface area contributed by atoms with E-state index in [2.05, 4.69) is 17.5 Å². The molecule has 1 aliphatic heterocycles. The van der Waals surface area contributed by atoms with Crippen molar-refractivity contribution in [2.75, 3.05) is 5.32 Å². The smallest absolute Gasteiger partial charge is 0.116 e. The van der Waals surface area contributed by atoms with Gasteiger partial charge in [-0.15, -0.1) is 0 Å². The van der Waals surface area contributed by atoms with Crippen molar-refractivity contribution in [2.24, 2.45) is 0 Å². The highest BCUT2D eigenvalue weighted by atomic mass is 16.3. The largest absolute Gasteiger partial charge is 0.508 e. The normalized spacial score (nSPS) is 28.0. The Hall–Kier alpha value is -1.44. The predicted molar refractivity (Wildman–Crippen MR) is 56.6 cm³/mol. The Kier molecular flexibility index (Phi) is 1.57. The van der Waals surface area contributed by atoms with Gasteiger partial charge in [-0.1, -0.05) is 12.2 Å². The second-order valence-electron chi connectivity index (χ2n) is 4.05. The van der Waals surface area contributed by atoms with Crippen molar-refractivity contribution < 1.29 is 5.11 Å². The zero-order valence-corrected chi connectivity index (χ0v) is 7.90. The molecule has 0 spiro atoms. The van der Waals surface area contributed by atoms with E-state index < -0.39 is 0 Å². The maximum absolute atomic E-state index is 9.43. The molecule has 2 atom stereocenters. The number of rotatable bonds is 0. The highest BCUT2D eigenvalue weighted by Crippen LogP contribution is 2.41. The van der Waals surface area contributed by atoms with Gasteiger partial charge in [-0.2, -0.15) is 0 Å². The first-order valence-electron chi connectivity index (χ1n) is 5.11. The van der Waals surface area contributed by atoms with Crippen LogP contribution in [0.4, 0.5) is 5.69 Å². The van der Waals surface area contributed by atoms with Gasteiger partial charge in [-0.25, -0.2) is 0 Å². The van der Waals surface area contributed by atoms with Gasteiger partial charge in [0.15, 0.2) is 0 Å². The molecule has 0 bridgehead atoms. The van der Waals surface area contributed by atoms with E-state index in [1.807, 2.05) is 12.1 Å². The van der Waals surface area contributed by atoms with E-state index in [1.165, 1.54) is 17.7 Å². The Balaban J connectivity index is 2.09. The van der Waals surface area contributed by atoms with Crippen LogP contribution in [-0.2, 0) is 0 Å². The van der Waals surface area contributed by atoms with Crippen molar-refractivity contribution in [1.82, 2.24) is 0 Å². The van der Waals surface area contributed by atoms with Gasteiger partial charge < -0.3 is 10.4 Å². The zero-order valence-electron chi connectivity index (χ0n) is 7.90. The molecule has 2 nitrogen and oxygen atoms in total. The molecule has 0 amide bonds. The number of aromatic hydroxyl groups is 1. The lowest BCUT2D eigenvalue weighted by molar-refractivity contribution is 0.474. The number of phenolic OH excluding ortho intramolecular Hbond substituents is 1. The fourth-order valence-corrected chi connectivity index (χ4v) is 2.47. The molecule has 0 saturated heterocycles. The Morgan fingerprint density at radius 3 is 3.21 bits per heavy atom. The van der Waals surface area contributed by atoms with E-state index in [4.69, 9.17) is 0 Å². The van der Waals surface area contributed by atoms with E-state index in [-0.39, 0.29) is 0 Å². The van der Waals surface area contributed by atoms with Crippen molar-refractivity contribution >= 4 is 5.69 Å². The summed E-state index contributed by atoms with van der Waals surface area (Å²) in [6, 6.07) is 6.13. The molecule has 3 rings (SSSR count). The molecule has 1 heterocycles. The lowest BCUT2D eigenvalue weighted by atomic mass is 9.88. The highest BCUT2D eigenvalue weighted by molar-refractivity contribution is 5.63. The van der Waals surface area contributed by atoms with Crippen LogP contribution in [0, 0.1) is 0 Å². The highest BCUT2D eigenvalue weighted by Gasteiger charge is 2.31. The number of anilines is 1. The minimum Gasteiger partial charge on any atom is -0.508 e. The van der Waals surface area contributed by atoms with Crippen LogP contribution >= 0.6 is 0 Å². The van der Waals surface area contributed by atoms with Crippen LogP contribution in [0.1, 0.15) is 24.3 Å². The molecule has 2 unspecified atom stereocenters. The Morgan fingerprint density at radius 1 is 1.36 bits per heavy atom. The summed E-state index contributed by atoms with van der Waals surface area (Å²) in [6.07, 6.45) is 6.85. The number of fused-ring (bicyclic) bond motifs is 3. The molecule has 1 aromatic rings. The average Bonchev–Trinajstić information content (AvgIpc) is 2.56. The first-order valence-corrected chi connectivity index (χ1v) is 5.11. The van der Waals surface area contributed by atoms with Gasteiger partial charge in [-0.05, 0) is 36.6 Å². The molecule has 2 aliphatic rings. The number of nitrogens with one attached hydrogen (secondary N) is 1. The van der Waals surface area contributed by atoms with Gasteiger partial charge in [0.05, 0.1) is 0 Å². The number of phenols is 1. The van der Waals surface area contributed by atoms with E-state index in [0.717, 1.165) is 6.42 Å². The molecule has 1 aromatic carbocycles. The van der Waals surface area contributed by atoms with E-state index in [0.29, 0.717) is 17.7 Å². The van der Waals surface area contributed by atoms with Gasteiger partial charge in [0.25, 0.3) is 0 Å². The lowest BCUT2D eigenvalue weighted by Crippen LogP contribution is -2.21. The van der Waals surface area contributed by atoms with Crippen molar-refractivity contribution in [3.63, 3.8) is 0 Å². The average molecular weight is 187 g/mol. The fourth-order valence-electron chi connectivity index (χ4n) is 2.47. The molecule has 1 aliphatic carbocycles. The summed E-state index contributed by atoms with van der Waals surface area (Å²) in [4.78, 5) is 0. The molecule has 2 heteroatoms. The van der Waals surface area contributed by atoms with Crippen LogP contribution in [-0.4, -0.2) is 11.1 Å². The van der Waals surface area contributed by atoms with Crippen LogP contribution < -0.4 is 5.32 Å². The summed E-state index contributed by atoms with van der Waals surface area (Å²) < 4.78 is 0. The number of allylic oxidation sites excluding steroid dienone is 1. The first kappa shape index (κ1) is 7.92. The molecular weight excluding hydrogens is 174 g/mol. The molecule has 0 saturated carbocycles. The summed E-state index contributed by atoms with van der Waals surface area (Å²) in [7, 11) is 0. The van der Waals surface area contributed by atoms with Crippen LogP contribution in [0.15, 0.2) is 30.4 Å². The predicted octanol–water partition coefficient (Wildman–Crippen LogP) is 2.62. The SMILES string of the molecule is Oc1ccc2c(c1)C1C=CCCC1N2. The monoisotopic (exact) mass is 187 g/mol. The third kappa shape index (κ3) is 1.03. The topological polar surface area (TPSA) is 32.3 Å². The summed E-state index contributed by atoms with van der Waals surface area (Å²) in [6.45, 7) is 0. The van der Waals surface area contributed by atoms with Crippen LogP contribution in [0.25, 0.3) is 0 Å². The zero-order chi connectivity index (χ0) is 9.54. The Morgan fingerprint density at radius 2 is 2.29 bits per heavy atom. The molecule has 2 N–H and O–H groups in total. The molecular formula is C12H13NO. The maximum atomic E-state index is 9.43. The van der Waals surface area contributed by atoms with Gasteiger partial charge in [0.1, 0.15) is 5.75 Å². The summed E-state index contributed by atoms with van der Waals surface area (Å²) in [5.41, 5.74) is 2.43. The fraction of sp³-hybridized carbons (Fsp3) is 0.333. The summed E-state index contributed by atoms with van der Waals surface area (Å²) in [5.74, 6) is 0.830. The van der Waals surface area contributed by atoms with Gasteiger partial charge in [0, 0.05) is 17.6 Å². The summed E-state index contributed by atoms with van der Waals surface area (Å²) >= 11 is 0. The van der Waals surface area contributed by atoms with Gasteiger partial charge in [0.2, 0.25) is 0 Å².